The molecule has 2 fully saturated rings. The number of nitrogens with one attached hydrogen (secondary N) is 1. The van der Waals surface area contributed by atoms with Crippen molar-refractivity contribution in [1.29, 1.82) is 0 Å². The molecule has 3 aliphatic rings. The molecule has 0 spiro atoms. The van der Waals surface area contributed by atoms with Crippen molar-refractivity contribution < 1.29 is 24.3 Å². The van der Waals surface area contributed by atoms with E-state index in [0.29, 0.717) is 0 Å². The van der Waals surface area contributed by atoms with Crippen LogP contribution in [0.2, 0.25) is 0 Å². The van der Waals surface area contributed by atoms with E-state index in [9.17, 15) is 19.2 Å². The Morgan fingerprint density at radius 1 is 1.18 bits per heavy atom. The van der Waals surface area contributed by atoms with Crippen molar-refractivity contribution >= 4 is 23.7 Å². The zero-order valence-corrected chi connectivity index (χ0v) is 12.4. The van der Waals surface area contributed by atoms with Crippen LogP contribution in [0.3, 0.4) is 0 Å². The summed E-state index contributed by atoms with van der Waals surface area (Å²) in [6, 6.07) is -2.06. The molecule has 0 radical (unpaired) electrons. The van der Waals surface area contributed by atoms with Gasteiger partial charge in [0.2, 0.25) is 17.7 Å². The maximum Gasteiger partial charge on any atom is 0.325 e. The topological polar surface area (TPSA) is 104 Å². The Labute approximate surface area is 127 Å². The Kier molecular flexibility index (Phi) is 3.30. The summed E-state index contributed by atoms with van der Waals surface area (Å²) in [5.41, 5.74) is 0. The fourth-order valence-electron chi connectivity index (χ4n) is 3.82. The summed E-state index contributed by atoms with van der Waals surface area (Å²) in [5, 5.41) is 11.1. The number of hydrogen-bond donors (Lipinski definition) is 2. The van der Waals surface area contributed by atoms with Crippen molar-refractivity contribution in [3.05, 3.63) is 12.2 Å². The number of likely N-dealkylation sites (tertiary alicyclic amines) is 1. The van der Waals surface area contributed by atoms with Gasteiger partial charge in [-0.3, -0.25) is 24.1 Å². The number of fused-ring (bicyclic) bond motifs is 5. The van der Waals surface area contributed by atoms with Gasteiger partial charge in [0, 0.05) is 0 Å². The first-order valence-corrected chi connectivity index (χ1v) is 7.41. The first-order chi connectivity index (χ1) is 10.3. The lowest BCUT2D eigenvalue weighted by atomic mass is 9.85. The molecule has 0 aromatic rings. The molecule has 1 heterocycles. The highest BCUT2D eigenvalue weighted by atomic mass is 16.4. The molecule has 0 aromatic heterocycles. The molecule has 7 heteroatoms. The lowest BCUT2D eigenvalue weighted by molar-refractivity contribution is -0.148. The molecular formula is C15H18N2O5. The fraction of sp³-hybridized carbons (Fsp3) is 0.600. The zero-order valence-electron chi connectivity index (χ0n) is 12.4. The van der Waals surface area contributed by atoms with Crippen LogP contribution in [-0.2, 0) is 19.2 Å². The van der Waals surface area contributed by atoms with Gasteiger partial charge < -0.3 is 10.4 Å². The first kappa shape index (κ1) is 14.7. The minimum absolute atomic E-state index is 0.0876. The molecule has 2 bridgehead atoms. The van der Waals surface area contributed by atoms with Crippen LogP contribution in [0.1, 0.15) is 20.3 Å². The second-order valence-electron chi connectivity index (χ2n) is 6.29. The van der Waals surface area contributed by atoms with Crippen molar-refractivity contribution in [3.63, 3.8) is 0 Å². The van der Waals surface area contributed by atoms with Crippen molar-refractivity contribution in [1.82, 2.24) is 10.2 Å². The van der Waals surface area contributed by atoms with Gasteiger partial charge in [0.25, 0.3) is 0 Å². The number of imide groups is 1. The molecule has 3 rings (SSSR count). The van der Waals surface area contributed by atoms with Crippen molar-refractivity contribution in [2.24, 2.45) is 23.7 Å². The van der Waals surface area contributed by atoms with Gasteiger partial charge in [-0.15, -0.1) is 0 Å². The van der Waals surface area contributed by atoms with Crippen LogP contribution in [0.5, 0.6) is 0 Å². The normalized spacial score (nSPS) is 34.7. The number of nitrogens with zero attached hydrogens (tertiary/aromatic N) is 1. The van der Waals surface area contributed by atoms with E-state index in [4.69, 9.17) is 5.11 Å². The molecule has 6 atom stereocenters. The fourth-order valence-corrected chi connectivity index (χ4v) is 3.82. The van der Waals surface area contributed by atoms with Gasteiger partial charge in [0.1, 0.15) is 12.1 Å². The van der Waals surface area contributed by atoms with Gasteiger partial charge in [-0.25, -0.2) is 0 Å². The zero-order chi connectivity index (χ0) is 16.2. The van der Waals surface area contributed by atoms with Crippen LogP contribution < -0.4 is 5.32 Å². The van der Waals surface area contributed by atoms with Gasteiger partial charge in [0.05, 0.1) is 11.8 Å². The highest BCUT2D eigenvalue weighted by molar-refractivity contribution is 6.09. The summed E-state index contributed by atoms with van der Waals surface area (Å²) < 4.78 is 0. The van der Waals surface area contributed by atoms with Crippen LogP contribution in [-0.4, -0.2) is 45.8 Å². The van der Waals surface area contributed by atoms with E-state index < -0.39 is 24.0 Å². The Balaban J connectivity index is 1.76. The van der Waals surface area contributed by atoms with E-state index >= 15 is 0 Å². The lowest BCUT2D eigenvalue weighted by Gasteiger charge is -2.24. The number of amides is 3. The molecule has 2 N–H and O–H groups in total. The highest BCUT2D eigenvalue weighted by Crippen LogP contribution is 2.52. The van der Waals surface area contributed by atoms with Crippen LogP contribution in [0, 0.1) is 23.7 Å². The minimum Gasteiger partial charge on any atom is -0.480 e. The van der Waals surface area contributed by atoms with Crippen LogP contribution in [0.25, 0.3) is 0 Å². The van der Waals surface area contributed by atoms with E-state index in [1.54, 1.807) is 0 Å². The van der Waals surface area contributed by atoms with E-state index in [1.165, 1.54) is 13.8 Å². The van der Waals surface area contributed by atoms with Gasteiger partial charge in [0.15, 0.2) is 0 Å². The quantitative estimate of drug-likeness (QED) is 0.551. The average Bonchev–Trinajstić information content (AvgIpc) is 3.12. The summed E-state index contributed by atoms with van der Waals surface area (Å²) in [6.45, 7) is 2.79. The molecule has 1 saturated carbocycles. The number of carbonyl (C=O) groups is 4. The molecule has 1 aliphatic heterocycles. The van der Waals surface area contributed by atoms with Crippen molar-refractivity contribution in [3.8, 4) is 0 Å². The van der Waals surface area contributed by atoms with Gasteiger partial charge in [-0.1, -0.05) is 12.2 Å². The molecule has 22 heavy (non-hydrogen) atoms. The van der Waals surface area contributed by atoms with Crippen LogP contribution in [0.15, 0.2) is 12.2 Å². The highest BCUT2D eigenvalue weighted by Gasteiger charge is 2.60. The van der Waals surface area contributed by atoms with Gasteiger partial charge in [-0.2, -0.15) is 0 Å². The van der Waals surface area contributed by atoms with Crippen molar-refractivity contribution in [2.45, 2.75) is 32.4 Å². The third-order valence-electron chi connectivity index (χ3n) is 5.00. The number of carbonyl (C=O) groups excluding carboxylic acids is 3. The predicted octanol–water partition coefficient (Wildman–Crippen LogP) is -0.229. The van der Waals surface area contributed by atoms with Crippen LogP contribution >= 0.6 is 0 Å². The maximum atomic E-state index is 12.5. The third-order valence-corrected chi connectivity index (χ3v) is 5.00. The lowest BCUT2D eigenvalue weighted by Crippen LogP contribution is -2.52. The van der Waals surface area contributed by atoms with E-state index in [1.807, 2.05) is 12.2 Å². The SMILES string of the molecule is C[C@H](NC(=O)[C@@H](C)N1C(=O)[C@@H]2[C@H](C1=O)[C@H]1C=C[C@H]2C1)C(=O)O. The number of rotatable bonds is 4. The summed E-state index contributed by atoms with van der Waals surface area (Å²) in [5.74, 6) is -2.94. The second kappa shape index (κ2) is 4.93. The molecular weight excluding hydrogens is 288 g/mol. The van der Waals surface area contributed by atoms with Crippen molar-refractivity contribution in [2.75, 3.05) is 0 Å². The Bertz CT molecular complexity index is 569. The minimum atomic E-state index is -1.17. The summed E-state index contributed by atoms with van der Waals surface area (Å²) >= 11 is 0. The Hall–Kier alpha value is -2.18. The van der Waals surface area contributed by atoms with Gasteiger partial charge in [-0.05, 0) is 32.1 Å². The monoisotopic (exact) mass is 306 g/mol. The molecule has 2 aliphatic carbocycles. The van der Waals surface area contributed by atoms with E-state index in [0.717, 1.165) is 11.3 Å². The third kappa shape index (κ3) is 1.95. The largest absolute Gasteiger partial charge is 0.480 e. The average molecular weight is 306 g/mol. The Morgan fingerprint density at radius 3 is 2.14 bits per heavy atom. The molecule has 0 aromatic carbocycles. The number of aliphatic carboxylic acids is 1. The van der Waals surface area contributed by atoms with E-state index in [2.05, 4.69) is 5.32 Å². The second-order valence-corrected chi connectivity index (χ2v) is 6.29. The number of hydrogen-bond acceptors (Lipinski definition) is 4. The van der Waals surface area contributed by atoms with Crippen LogP contribution in [0.4, 0.5) is 0 Å². The molecule has 1 saturated heterocycles. The number of carboxylic acids is 1. The summed E-state index contributed by atoms with van der Waals surface area (Å²) in [7, 11) is 0. The molecule has 118 valence electrons. The molecule has 0 unspecified atom stereocenters. The van der Waals surface area contributed by atoms with Gasteiger partial charge >= 0.3 is 5.97 Å². The summed E-state index contributed by atoms with van der Waals surface area (Å²) in [6.07, 6.45) is 4.80. The summed E-state index contributed by atoms with van der Waals surface area (Å²) in [4.78, 5) is 49.0. The smallest absolute Gasteiger partial charge is 0.325 e. The molecule has 7 nitrogen and oxygen atoms in total. The predicted molar refractivity (Wildman–Crippen MR) is 74.3 cm³/mol. The number of allylic oxidation sites excluding steroid dienone is 2. The molecule has 3 amide bonds. The number of carboxylic acid groups (broad SMARTS) is 1. The van der Waals surface area contributed by atoms with E-state index in [-0.39, 0.29) is 35.5 Å². The first-order valence-electron chi connectivity index (χ1n) is 7.41. The Morgan fingerprint density at radius 2 is 1.68 bits per heavy atom. The standard InChI is InChI=1S/C15H18N2O5/c1-6(15(21)22)16-12(18)7(2)17-13(19)10-8-3-4-9(5-8)11(10)14(17)20/h3-4,6-11H,5H2,1-2H3,(H,16,18)(H,21,22)/t6-,7+,8-,9-,10-,11+/m0/s1. The maximum absolute atomic E-state index is 12.5.